The maximum Gasteiger partial charge on any atom is -0.0139 e. The summed E-state index contributed by atoms with van der Waals surface area (Å²) in [5, 5.41) is 0. The molecule has 56 valence electrons. The van der Waals surface area contributed by atoms with Crippen molar-refractivity contribution in [3.63, 3.8) is 0 Å². The molecular formula is C10H16. The quantitative estimate of drug-likeness (QED) is 0.411. The fourth-order valence-electron chi connectivity index (χ4n) is 0.632. The van der Waals surface area contributed by atoms with Gasteiger partial charge in [0.2, 0.25) is 0 Å². The van der Waals surface area contributed by atoms with E-state index in [2.05, 4.69) is 31.2 Å². The van der Waals surface area contributed by atoms with Crippen molar-refractivity contribution in [1.82, 2.24) is 0 Å². The third-order valence-electron chi connectivity index (χ3n) is 1.25. The van der Waals surface area contributed by atoms with E-state index in [1.165, 1.54) is 5.57 Å². The highest BCUT2D eigenvalue weighted by Crippen LogP contribution is 2.00. The zero-order valence-electron chi connectivity index (χ0n) is 7.09. The number of rotatable bonds is 3. The van der Waals surface area contributed by atoms with E-state index in [1.807, 2.05) is 19.9 Å². The van der Waals surface area contributed by atoms with Crippen molar-refractivity contribution in [3.05, 3.63) is 36.0 Å². The predicted octanol–water partition coefficient (Wildman–Crippen LogP) is 3.48. The van der Waals surface area contributed by atoms with Crippen LogP contribution in [0.1, 0.15) is 27.2 Å². The first kappa shape index (κ1) is 9.22. The highest BCUT2D eigenvalue weighted by Gasteiger charge is 1.79. The van der Waals surface area contributed by atoms with Crippen molar-refractivity contribution in [2.24, 2.45) is 0 Å². The molecule has 10 heavy (non-hydrogen) atoms. The molecule has 0 heterocycles. The van der Waals surface area contributed by atoms with Crippen molar-refractivity contribution < 1.29 is 0 Å². The van der Waals surface area contributed by atoms with E-state index in [4.69, 9.17) is 0 Å². The second kappa shape index (κ2) is 6.34. The van der Waals surface area contributed by atoms with Crippen molar-refractivity contribution in [2.45, 2.75) is 27.2 Å². The summed E-state index contributed by atoms with van der Waals surface area (Å²) < 4.78 is 0. The topological polar surface area (TPSA) is 0 Å². The molecule has 0 heteroatoms. The van der Waals surface area contributed by atoms with Crippen LogP contribution in [0.15, 0.2) is 36.0 Å². The minimum absolute atomic E-state index is 1.07. The molecule has 0 aliphatic heterocycles. The van der Waals surface area contributed by atoms with E-state index in [9.17, 15) is 0 Å². The normalized spacial score (nSPS) is 13.7. The average Bonchev–Trinajstić information content (AvgIpc) is 1.97. The molecule has 0 aliphatic rings. The molecule has 0 rings (SSSR count). The van der Waals surface area contributed by atoms with Gasteiger partial charge in [0.1, 0.15) is 0 Å². The lowest BCUT2D eigenvalue weighted by atomic mass is 10.2. The Balaban J connectivity index is 3.70. The van der Waals surface area contributed by atoms with E-state index in [1.54, 1.807) is 0 Å². The molecular weight excluding hydrogens is 120 g/mol. The Kier molecular flexibility index (Phi) is 5.85. The van der Waals surface area contributed by atoms with Crippen LogP contribution in [0.3, 0.4) is 0 Å². The molecule has 0 fully saturated rings. The van der Waals surface area contributed by atoms with Gasteiger partial charge in [-0.2, -0.15) is 0 Å². The Bertz CT molecular complexity index is 147. The van der Waals surface area contributed by atoms with Crippen LogP contribution in [0.5, 0.6) is 0 Å². The van der Waals surface area contributed by atoms with E-state index in [0.29, 0.717) is 0 Å². The maximum atomic E-state index is 2.16. The summed E-state index contributed by atoms with van der Waals surface area (Å²) in [6.45, 7) is 6.21. The third-order valence-corrected chi connectivity index (χ3v) is 1.25. The lowest BCUT2D eigenvalue weighted by molar-refractivity contribution is 1.21. The summed E-state index contributed by atoms with van der Waals surface area (Å²) in [6.07, 6.45) is 11.6. The molecule has 0 N–H and O–H groups in total. The highest BCUT2D eigenvalue weighted by molar-refractivity contribution is 5.12. The second-order valence-electron chi connectivity index (χ2n) is 2.31. The average molecular weight is 136 g/mol. The fourth-order valence-corrected chi connectivity index (χ4v) is 0.632. The lowest BCUT2D eigenvalue weighted by Crippen LogP contribution is -1.69. The minimum Gasteiger partial charge on any atom is -0.0913 e. The van der Waals surface area contributed by atoms with E-state index in [-0.39, 0.29) is 0 Å². The molecule has 0 saturated heterocycles. The zero-order chi connectivity index (χ0) is 7.82. The Hall–Kier alpha value is -0.780. The van der Waals surface area contributed by atoms with E-state index in [0.717, 1.165) is 6.42 Å². The Morgan fingerprint density at radius 1 is 1.20 bits per heavy atom. The SMILES string of the molecule is C/C=C\C=C(/C)C/C=C\C. The summed E-state index contributed by atoms with van der Waals surface area (Å²) in [5.74, 6) is 0. The van der Waals surface area contributed by atoms with Gasteiger partial charge in [-0.3, -0.25) is 0 Å². The summed E-state index contributed by atoms with van der Waals surface area (Å²) >= 11 is 0. The van der Waals surface area contributed by atoms with Crippen molar-refractivity contribution in [2.75, 3.05) is 0 Å². The molecule has 0 aliphatic carbocycles. The van der Waals surface area contributed by atoms with Gasteiger partial charge in [-0.1, -0.05) is 36.0 Å². The Labute approximate surface area is 64.0 Å². The number of hydrogen-bond acceptors (Lipinski definition) is 0. The van der Waals surface area contributed by atoms with Crippen LogP contribution in [0, 0.1) is 0 Å². The van der Waals surface area contributed by atoms with Crippen LogP contribution in [0.4, 0.5) is 0 Å². The van der Waals surface area contributed by atoms with Gasteiger partial charge < -0.3 is 0 Å². The molecule has 0 nitrogen and oxygen atoms in total. The van der Waals surface area contributed by atoms with E-state index < -0.39 is 0 Å². The highest BCUT2D eigenvalue weighted by atomic mass is 13.9. The van der Waals surface area contributed by atoms with Crippen LogP contribution >= 0.6 is 0 Å². The fraction of sp³-hybridized carbons (Fsp3) is 0.400. The summed E-state index contributed by atoms with van der Waals surface area (Å²) in [4.78, 5) is 0. The number of allylic oxidation sites excluding steroid dienone is 6. The predicted molar refractivity (Wildman–Crippen MR) is 48.0 cm³/mol. The molecule has 0 radical (unpaired) electrons. The standard InChI is InChI=1S/C10H16/c1-4-6-8-10(3)9-7-5-2/h4-8H,9H2,1-3H3/b6-4-,7-5-,10-8+. The van der Waals surface area contributed by atoms with Gasteiger partial charge in [-0.15, -0.1) is 0 Å². The van der Waals surface area contributed by atoms with Crippen molar-refractivity contribution >= 4 is 0 Å². The van der Waals surface area contributed by atoms with Gasteiger partial charge in [0.05, 0.1) is 0 Å². The largest absolute Gasteiger partial charge is 0.0913 e. The molecule has 0 amide bonds. The molecule has 0 bridgehead atoms. The summed E-state index contributed by atoms with van der Waals surface area (Å²) in [5.41, 5.74) is 1.40. The molecule has 0 aromatic rings. The molecule has 0 atom stereocenters. The zero-order valence-corrected chi connectivity index (χ0v) is 7.09. The van der Waals surface area contributed by atoms with Crippen LogP contribution < -0.4 is 0 Å². The molecule has 0 aromatic heterocycles. The van der Waals surface area contributed by atoms with Crippen LogP contribution in [0.25, 0.3) is 0 Å². The smallest absolute Gasteiger partial charge is 0.0139 e. The third kappa shape index (κ3) is 5.36. The van der Waals surface area contributed by atoms with Gasteiger partial charge in [-0.25, -0.2) is 0 Å². The van der Waals surface area contributed by atoms with Crippen LogP contribution in [-0.4, -0.2) is 0 Å². The molecule has 0 unspecified atom stereocenters. The van der Waals surface area contributed by atoms with Gasteiger partial charge in [0.15, 0.2) is 0 Å². The Morgan fingerprint density at radius 2 is 1.90 bits per heavy atom. The van der Waals surface area contributed by atoms with Crippen molar-refractivity contribution in [3.8, 4) is 0 Å². The molecule has 0 spiro atoms. The maximum absolute atomic E-state index is 2.16. The van der Waals surface area contributed by atoms with Gasteiger partial charge in [0, 0.05) is 0 Å². The van der Waals surface area contributed by atoms with Crippen LogP contribution in [0.2, 0.25) is 0 Å². The molecule has 0 aromatic carbocycles. The first-order chi connectivity index (χ1) is 4.81. The van der Waals surface area contributed by atoms with Crippen molar-refractivity contribution in [1.29, 1.82) is 0 Å². The van der Waals surface area contributed by atoms with Crippen LogP contribution in [-0.2, 0) is 0 Å². The van der Waals surface area contributed by atoms with E-state index >= 15 is 0 Å². The minimum atomic E-state index is 1.07. The van der Waals surface area contributed by atoms with Gasteiger partial charge in [-0.05, 0) is 27.2 Å². The first-order valence-electron chi connectivity index (χ1n) is 3.71. The first-order valence-corrected chi connectivity index (χ1v) is 3.71. The molecule has 0 saturated carbocycles. The van der Waals surface area contributed by atoms with Gasteiger partial charge in [0.25, 0.3) is 0 Å². The number of hydrogen-bond donors (Lipinski definition) is 0. The summed E-state index contributed by atoms with van der Waals surface area (Å²) in [6, 6.07) is 0. The second-order valence-corrected chi connectivity index (χ2v) is 2.31. The van der Waals surface area contributed by atoms with Gasteiger partial charge >= 0.3 is 0 Å². The lowest BCUT2D eigenvalue weighted by Gasteiger charge is -1.90. The Morgan fingerprint density at radius 3 is 2.40 bits per heavy atom. The monoisotopic (exact) mass is 136 g/mol. The summed E-state index contributed by atoms with van der Waals surface area (Å²) in [7, 11) is 0.